The van der Waals surface area contributed by atoms with Crippen molar-refractivity contribution in [2.24, 2.45) is 0 Å². The smallest absolute Gasteiger partial charge is 0.236 e. The highest BCUT2D eigenvalue weighted by molar-refractivity contribution is 5.77. The lowest BCUT2D eigenvalue weighted by atomic mass is 10.2. The van der Waals surface area contributed by atoms with Gasteiger partial charge in [-0.3, -0.25) is 9.69 Å². The van der Waals surface area contributed by atoms with Gasteiger partial charge in [-0.05, 0) is 51.9 Å². The Labute approximate surface area is 121 Å². The molecule has 1 heterocycles. The van der Waals surface area contributed by atoms with Crippen molar-refractivity contribution in [2.75, 3.05) is 33.8 Å². The molecule has 0 unspecified atom stereocenters. The largest absolute Gasteiger partial charge is 0.464 e. The molecule has 0 aliphatic carbocycles. The second-order valence-corrected chi connectivity index (χ2v) is 5.28. The zero-order chi connectivity index (χ0) is 15.0. The number of rotatable bonds is 9. The summed E-state index contributed by atoms with van der Waals surface area (Å²) >= 11 is 0. The van der Waals surface area contributed by atoms with Gasteiger partial charge in [0.1, 0.15) is 11.5 Å². The van der Waals surface area contributed by atoms with Crippen LogP contribution in [0.1, 0.15) is 30.8 Å². The summed E-state index contributed by atoms with van der Waals surface area (Å²) < 4.78 is 5.47. The second-order valence-electron chi connectivity index (χ2n) is 5.28. The molecule has 0 aromatic carbocycles. The fraction of sp³-hybridized carbons (Fsp3) is 0.667. The van der Waals surface area contributed by atoms with E-state index < -0.39 is 0 Å². The third kappa shape index (κ3) is 6.21. The second kappa shape index (κ2) is 8.76. The molecule has 1 aromatic heterocycles. The lowest BCUT2D eigenvalue weighted by Gasteiger charge is -2.21. The molecule has 114 valence electrons. The molecule has 0 atom stereocenters. The van der Waals surface area contributed by atoms with Crippen molar-refractivity contribution < 1.29 is 14.3 Å². The number of carbonyl (C=O) groups is 1. The molecule has 1 amide bonds. The van der Waals surface area contributed by atoms with E-state index in [4.69, 9.17) is 9.52 Å². The number of nitrogens with zero attached hydrogens (tertiary/aromatic N) is 2. The summed E-state index contributed by atoms with van der Waals surface area (Å²) in [6.07, 6.45) is 2.83. The van der Waals surface area contributed by atoms with Gasteiger partial charge in [0.05, 0.1) is 13.1 Å². The molecule has 0 spiro atoms. The number of aliphatic hydroxyl groups is 1. The Morgan fingerprint density at radius 1 is 1.25 bits per heavy atom. The molecular formula is C15H26N2O3. The third-order valence-corrected chi connectivity index (χ3v) is 3.22. The molecule has 0 saturated heterocycles. The van der Waals surface area contributed by atoms with Crippen molar-refractivity contribution in [3.8, 4) is 0 Å². The third-order valence-electron chi connectivity index (χ3n) is 3.22. The van der Waals surface area contributed by atoms with Crippen molar-refractivity contribution in [3.05, 3.63) is 23.7 Å². The van der Waals surface area contributed by atoms with Gasteiger partial charge in [-0.25, -0.2) is 0 Å². The maximum absolute atomic E-state index is 12.1. The quantitative estimate of drug-likeness (QED) is 0.700. The molecule has 0 radical (unpaired) electrons. The van der Waals surface area contributed by atoms with Gasteiger partial charge >= 0.3 is 0 Å². The lowest BCUT2D eigenvalue weighted by molar-refractivity contribution is -0.131. The van der Waals surface area contributed by atoms with Gasteiger partial charge < -0.3 is 14.4 Å². The minimum Gasteiger partial charge on any atom is -0.464 e. The Bertz CT molecular complexity index is 404. The first kappa shape index (κ1) is 16.7. The molecule has 0 saturated carbocycles. The molecule has 1 aromatic rings. The van der Waals surface area contributed by atoms with Crippen LogP contribution >= 0.6 is 0 Å². The molecule has 0 aliphatic rings. The van der Waals surface area contributed by atoms with Crippen molar-refractivity contribution in [1.82, 2.24) is 9.80 Å². The van der Waals surface area contributed by atoms with E-state index in [1.54, 1.807) is 11.9 Å². The van der Waals surface area contributed by atoms with Crippen LogP contribution in [0.3, 0.4) is 0 Å². The number of amides is 1. The lowest BCUT2D eigenvalue weighted by Crippen LogP contribution is -2.36. The van der Waals surface area contributed by atoms with Crippen molar-refractivity contribution in [2.45, 2.75) is 32.7 Å². The van der Waals surface area contributed by atoms with E-state index in [9.17, 15) is 4.79 Å². The van der Waals surface area contributed by atoms with Gasteiger partial charge in [0, 0.05) is 13.7 Å². The Morgan fingerprint density at radius 2 is 2.00 bits per heavy atom. The van der Waals surface area contributed by atoms with E-state index in [-0.39, 0.29) is 12.5 Å². The van der Waals surface area contributed by atoms with Crippen LogP contribution in [0.4, 0.5) is 0 Å². The molecule has 1 N–H and O–H groups in total. The van der Waals surface area contributed by atoms with Crippen LogP contribution in [0.5, 0.6) is 0 Å². The standard InChI is InChI=1S/C15H26N2O3/c1-13-7-8-14(20-13)11-17(3)15(19)12-16(2)9-5-4-6-10-18/h7-8,18H,4-6,9-12H2,1-3H3. The van der Waals surface area contributed by atoms with Gasteiger partial charge in [-0.1, -0.05) is 0 Å². The summed E-state index contributed by atoms with van der Waals surface area (Å²) in [7, 11) is 3.74. The van der Waals surface area contributed by atoms with Crippen LogP contribution < -0.4 is 0 Å². The molecule has 5 heteroatoms. The summed E-state index contributed by atoms with van der Waals surface area (Å²) in [6, 6.07) is 3.80. The van der Waals surface area contributed by atoms with E-state index in [1.807, 2.05) is 31.0 Å². The molecular weight excluding hydrogens is 256 g/mol. The van der Waals surface area contributed by atoms with E-state index in [0.29, 0.717) is 13.1 Å². The van der Waals surface area contributed by atoms with Gasteiger partial charge in [-0.15, -0.1) is 0 Å². The Hall–Kier alpha value is -1.33. The number of hydrogen-bond donors (Lipinski definition) is 1. The molecule has 20 heavy (non-hydrogen) atoms. The summed E-state index contributed by atoms with van der Waals surface area (Å²) in [5.74, 6) is 1.76. The Morgan fingerprint density at radius 3 is 2.60 bits per heavy atom. The number of hydrogen-bond acceptors (Lipinski definition) is 4. The number of carbonyl (C=O) groups excluding carboxylic acids is 1. The zero-order valence-electron chi connectivity index (χ0n) is 12.8. The predicted octanol–water partition coefficient (Wildman–Crippen LogP) is 1.64. The van der Waals surface area contributed by atoms with Crippen molar-refractivity contribution in [1.29, 1.82) is 0 Å². The minimum absolute atomic E-state index is 0.0868. The number of aryl methyl sites for hydroxylation is 1. The highest BCUT2D eigenvalue weighted by atomic mass is 16.3. The average molecular weight is 282 g/mol. The van der Waals surface area contributed by atoms with E-state index in [2.05, 4.69) is 0 Å². The fourth-order valence-electron chi connectivity index (χ4n) is 1.99. The van der Waals surface area contributed by atoms with Crippen molar-refractivity contribution in [3.63, 3.8) is 0 Å². The van der Waals surface area contributed by atoms with Crippen LogP contribution in [0.15, 0.2) is 16.5 Å². The fourth-order valence-corrected chi connectivity index (χ4v) is 1.99. The molecule has 5 nitrogen and oxygen atoms in total. The van der Waals surface area contributed by atoms with Crippen molar-refractivity contribution >= 4 is 5.91 Å². The predicted molar refractivity (Wildman–Crippen MR) is 78.4 cm³/mol. The van der Waals surface area contributed by atoms with Crippen LogP contribution in [0.25, 0.3) is 0 Å². The monoisotopic (exact) mass is 282 g/mol. The topological polar surface area (TPSA) is 56.9 Å². The first-order chi connectivity index (χ1) is 9.52. The zero-order valence-corrected chi connectivity index (χ0v) is 12.8. The van der Waals surface area contributed by atoms with Crippen LogP contribution in [0.2, 0.25) is 0 Å². The maximum atomic E-state index is 12.1. The Balaban J connectivity index is 2.26. The maximum Gasteiger partial charge on any atom is 0.236 e. The highest BCUT2D eigenvalue weighted by Crippen LogP contribution is 2.09. The molecule has 0 bridgehead atoms. The van der Waals surface area contributed by atoms with Crippen LogP contribution in [-0.4, -0.2) is 54.6 Å². The van der Waals surface area contributed by atoms with Gasteiger partial charge in [-0.2, -0.15) is 0 Å². The van der Waals surface area contributed by atoms with Crippen LogP contribution in [0, 0.1) is 6.92 Å². The van der Waals surface area contributed by atoms with Crippen LogP contribution in [-0.2, 0) is 11.3 Å². The summed E-state index contributed by atoms with van der Waals surface area (Å²) in [4.78, 5) is 15.8. The first-order valence-corrected chi connectivity index (χ1v) is 7.11. The van der Waals surface area contributed by atoms with E-state index in [1.165, 1.54) is 0 Å². The average Bonchev–Trinajstić information content (AvgIpc) is 2.80. The van der Waals surface area contributed by atoms with Gasteiger partial charge in [0.2, 0.25) is 5.91 Å². The summed E-state index contributed by atoms with van der Waals surface area (Å²) in [5.41, 5.74) is 0. The van der Waals surface area contributed by atoms with E-state index >= 15 is 0 Å². The number of likely N-dealkylation sites (N-methyl/N-ethyl adjacent to an activating group) is 2. The summed E-state index contributed by atoms with van der Waals surface area (Å²) in [5, 5.41) is 8.71. The number of furan rings is 1. The SMILES string of the molecule is Cc1ccc(CN(C)C(=O)CN(C)CCCCCO)o1. The highest BCUT2D eigenvalue weighted by Gasteiger charge is 2.13. The molecule has 0 fully saturated rings. The number of unbranched alkanes of at least 4 members (excludes halogenated alkanes) is 2. The van der Waals surface area contributed by atoms with E-state index in [0.717, 1.165) is 37.3 Å². The van der Waals surface area contributed by atoms with Gasteiger partial charge in [0.25, 0.3) is 0 Å². The number of aliphatic hydroxyl groups excluding tert-OH is 1. The normalized spacial score (nSPS) is 11.1. The molecule has 1 rings (SSSR count). The summed E-state index contributed by atoms with van der Waals surface area (Å²) in [6.45, 7) is 3.93. The first-order valence-electron chi connectivity index (χ1n) is 7.11. The van der Waals surface area contributed by atoms with Gasteiger partial charge in [0.15, 0.2) is 0 Å². The molecule has 0 aliphatic heterocycles. The minimum atomic E-state index is 0.0868. The Kier molecular flexibility index (Phi) is 7.33.